The van der Waals surface area contributed by atoms with Crippen LogP contribution in [-0.2, 0) is 16.4 Å². The van der Waals surface area contributed by atoms with Gasteiger partial charge in [0, 0.05) is 18.4 Å². The molecule has 0 aliphatic carbocycles. The number of hydrogen-bond donors (Lipinski definition) is 0. The smallest absolute Gasteiger partial charge is 0.270 e. The van der Waals surface area contributed by atoms with Gasteiger partial charge in [-0.15, -0.1) is 5.10 Å². The lowest BCUT2D eigenvalue weighted by molar-refractivity contribution is -0.384. The Balaban J connectivity index is 1.72. The van der Waals surface area contributed by atoms with Gasteiger partial charge >= 0.3 is 0 Å². The SMILES string of the molecule is CS(=O)(=O)c1ccc(-n2nnnc2Cn2cnc3ccc([N+](=O)[O-])cc3c2=O)cc1. The van der Waals surface area contributed by atoms with E-state index >= 15 is 0 Å². The van der Waals surface area contributed by atoms with Crippen LogP contribution >= 0.6 is 0 Å². The summed E-state index contributed by atoms with van der Waals surface area (Å²) in [6, 6.07) is 9.81. The first kappa shape index (κ1) is 19.3. The number of benzene rings is 2. The second-order valence-electron chi connectivity index (χ2n) is 6.41. The highest BCUT2D eigenvalue weighted by atomic mass is 32.2. The number of nitro benzene ring substituents is 1. The van der Waals surface area contributed by atoms with Gasteiger partial charge in [0.15, 0.2) is 15.7 Å². The van der Waals surface area contributed by atoms with Gasteiger partial charge in [0.25, 0.3) is 11.2 Å². The van der Waals surface area contributed by atoms with E-state index < -0.39 is 20.3 Å². The average Bonchev–Trinajstić information content (AvgIpc) is 3.17. The molecule has 0 fully saturated rings. The van der Waals surface area contributed by atoms with E-state index in [9.17, 15) is 23.3 Å². The van der Waals surface area contributed by atoms with Gasteiger partial charge in [0.2, 0.25) is 0 Å². The first-order valence-corrected chi connectivity index (χ1v) is 10.3. The van der Waals surface area contributed by atoms with Crippen molar-refractivity contribution in [2.24, 2.45) is 0 Å². The lowest BCUT2D eigenvalue weighted by Crippen LogP contribution is -2.23. The Labute approximate surface area is 168 Å². The van der Waals surface area contributed by atoms with Crippen LogP contribution in [-0.4, -0.2) is 49.4 Å². The molecule has 4 rings (SSSR count). The third-order valence-corrected chi connectivity index (χ3v) is 5.50. The van der Waals surface area contributed by atoms with Crippen molar-refractivity contribution in [3.05, 3.63) is 75.1 Å². The molecule has 30 heavy (non-hydrogen) atoms. The fraction of sp³-hybridized carbons (Fsp3) is 0.118. The molecule has 2 aromatic carbocycles. The molecule has 0 aliphatic heterocycles. The maximum Gasteiger partial charge on any atom is 0.270 e. The topological polar surface area (TPSA) is 156 Å². The Hall–Kier alpha value is -4.00. The Bertz CT molecular complexity index is 1440. The van der Waals surface area contributed by atoms with Crippen LogP contribution in [0.3, 0.4) is 0 Å². The molecule has 2 heterocycles. The lowest BCUT2D eigenvalue weighted by atomic mass is 10.2. The molecular formula is C17H13N7O5S. The average molecular weight is 427 g/mol. The summed E-state index contributed by atoms with van der Waals surface area (Å²) in [5, 5.41) is 22.5. The molecule has 13 heteroatoms. The van der Waals surface area contributed by atoms with E-state index in [4.69, 9.17) is 0 Å². The van der Waals surface area contributed by atoms with Crippen LogP contribution in [0.2, 0.25) is 0 Å². The zero-order chi connectivity index (χ0) is 21.5. The molecule has 0 aliphatic rings. The molecule has 0 radical (unpaired) electrons. The summed E-state index contributed by atoms with van der Waals surface area (Å²) in [7, 11) is -3.35. The van der Waals surface area contributed by atoms with E-state index in [-0.39, 0.29) is 28.3 Å². The molecule has 0 bridgehead atoms. The fourth-order valence-electron chi connectivity index (χ4n) is 2.86. The molecule has 2 aromatic heterocycles. The van der Waals surface area contributed by atoms with Gasteiger partial charge < -0.3 is 0 Å². The van der Waals surface area contributed by atoms with Crippen LogP contribution < -0.4 is 5.56 Å². The quantitative estimate of drug-likeness (QED) is 0.331. The molecule has 0 saturated heterocycles. The van der Waals surface area contributed by atoms with Crippen molar-refractivity contribution in [3.63, 3.8) is 0 Å². The summed E-state index contributed by atoms with van der Waals surface area (Å²) in [4.78, 5) is 27.5. The Morgan fingerprint density at radius 3 is 2.53 bits per heavy atom. The highest BCUT2D eigenvalue weighted by molar-refractivity contribution is 7.90. The minimum atomic E-state index is -3.35. The first-order chi connectivity index (χ1) is 14.2. The first-order valence-electron chi connectivity index (χ1n) is 8.45. The number of nitrogens with zero attached hydrogens (tertiary/aromatic N) is 7. The van der Waals surface area contributed by atoms with Crippen molar-refractivity contribution in [2.45, 2.75) is 11.4 Å². The molecule has 0 unspecified atom stereocenters. The van der Waals surface area contributed by atoms with Crippen LogP contribution in [0.15, 0.2) is 58.5 Å². The molecule has 0 N–H and O–H groups in total. The van der Waals surface area contributed by atoms with E-state index in [1.807, 2.05) is 0 Å². The Morgan fingerprint density at radius 2 is 1.87 bits per heavy atom. The van der Waals surface area contributed by atoms with Crippen molar-refractivity contribution in [1.29, 1.82) is 0 Å². The van der Waals surface area contributed by atoms with Gasteiger partial charge in [-0.2, -0.15) is 4.68 Å². The van der Waals surface area contributed by atoms with Gasteiger partial charge in [-0.3, -0.25) is 19.5 Å². The molecule has 0 spiro atoms. The van der Waals surface area contributed by atoms with E-state index in [1.165, 1.54) is 45.9 Å². The Morgan fingerprint density at radius 1 is 1.13 bits per heavy atom. The van der Waals surface area contributed by atoms with Crippen LogP contribution in [0.5, 0.6) is 0 Å². The summed E-state index contributed by atoms with van der Waals surface area (Å²) in [6.07, 6.45) is 2.41. The molecule has 4 aromatic rings. The predicted octanol–water partition coefficient (Wildman–Crippen LogP) is 0.732. The highest BCUT2D eigenvalue weighted by Gasteiger charge is 2.15. The molecule has 0 saturated carbocycles. The number of aromatic nitrogens is 6. The number of hydrogen-bond acceptors (Lipinski definition) is 9. The zero-order valence-electron chi connectivity index (χ0n) is 15.4. The summed E-state index contributed by atoms with van der Waals surface area (Å²) in [5.74, 6) is 0.288. The van der Waals surface area contributed by atoms with Gasteiger partial charge in [-0.05, 0) is 40.8 Å². The van der Waals surface area contributed by atoms with E-state index in [0.29, 0.717) is 11.2 Å². The lowest BCUT2D eigenvalue weighted by Gasteiger charge is -2.08. The van der Waals surface area contributed by atoms with Gasteiger partial charge in [-0.25, -0.2) is 13.4 Å². The summed E-state index contributed by atoms with van der Waals surface area (Å²) >= 11 is 0. The van der Waals surface area contributed by atoms with E-state index in [1.54, 1.807) is 12.1 Å². The van der Waals surface area contributed by atoms with Gasteiger partial charge in [-0.1, -0.05) is 0 Å². The molecule has 0 atom stereocenters. The fourth-order valence-corrected chi connectivity index (χ4v) is 3.50. The maximum absolute atomic E-state index is 12.8. The van der Waals surface area contributed by atoms with Crippen molar-refractivity contribution in [3.8, 4) is 5.69 Å². The number of tetrazole rings is 1. The van der Waals surface area contributed by atoms with E-state index in [0.717, 1.165) is 6.26 Å². The standard InChI is InChI=1S/C17H13N7O5S/c1-30(28,29)13-5-2-11(3-6-13)23-16(19-20-21-23)9-22-10-18-15-7-4-12(24(26)27)8-14(15)17(22)25/h2-8,10H,9H2,1H3. The van der Waals surface area contributed by atoms with Crippen molar-refractivity contribution in [2.75, 3.05) is 6.26 Å². The zero-order valence-corrected chi connectivity index (χ0v) is 16.2. The predicted molar refractivity (Wildman–Crippen MR) is 104 cm³/mol. The minimum absolute atomic E-state index is 0.0503. The van der Waals surface area contributed by atoms with Crippen LogP contribution in [0.1, 0.15) is 5.82 Å². The van der Waals surface area contributed by atoms with E-state index in [2.05, 4.69) is 20.5 Å². The summed E-state index contributed by atoms with van der Waals surface area (Å²) in [6.45, 7) is -0.0503. The highest BCUT2D eigenvalue weighted by Crippen LogP contribution is 2.17. The van der Waals surface area contributed by atoms with Crippen LogP contribution in [0.25, 0.3) is 16.6 Å². The second-order valence-corrected chi connectivity index (χ2v) is 8.42. The van der Waals surface area contributed by atoms with Crippen molar-refractivity contribution < 1.29 is 13.3 Å². The summed E-state index contributed by atoms with van der Waals surface area (Å²) in [5.41, 5.74) is 0.137. The summed E-state index contributed by atoms with van der Waals surface area (Å²) < 4.78 is 25.8. The molecule has 12 nitrogen and oxygen atoms in total. The van der Waals surface area contributed by atoms with Crippen molar-refractivity contribution >= 4 is 26.4 Å². The van der Waals surface area contributed by atoms with Gasteiger partial charge in [0.05, 0.1) is 39.3 Å². The molecular weight excluding hydrogens is 414 g/mol. The largest absolute Gasteiger partial charge is 0.291 e. The minimum Gasteiger partial charge on any atom is -0.291 e. The monoisotopic (exact) mass is 427 g/mol. The second kappa shape index (κ2) is 7.11. The number of non-ortho nitro benzene ring substituents is 1. The van der Waals surface area contributed by atoms with Gasteiger partial charge in [0.1, 0.15) is 0 Å². The normalized spacial score (nSPS) is 11.6. The van der Waals surface area contributed by atoms with Crippen LogP contribution in [0.4, 0.5) is 5.69 Å². The molecule has 152 valence electrons. The number of fused-ring (bicyclic) bond motifs is 1. The third kappa shape index (κ3) is 3.53. The third-order valence-electron chi connectivity index (χ3n) is 4.37. The number of rotatable bonds is 5. The van der Waals surface area contributed by atoms with Crippen molar-refractivity contribution in [1.82, 2.24) is 29.8 Å². The van der Waals surface area contributed by atoms with Crippen LogP contribution in [0, 0.1) is 10.1 Å². The number of nitro groups is 1. The maximum atomic E-state index is 12.8. The Kier molecular flexibility index (Phi) is 4.58. The number of sulfone groups is 1. The molecule has 0 amide bonds.